The third-order valence-corrected chi connectivity index (χ3v) is 2.98. The highest BCUT2D eigenvalue weighted by atomic mass is 16.3. The van der Waals surface area contributed by atoms with Crippen molar-refractivity contribution in [1.82, 2.24) is 9.97 Å². The molecule has 19 heavy (non-hydrogen) atoms. The molecule has 102 valence electrons. The Labute approximate surface area is 113 Å². The van der Waals surface area contributed by atoms with E-state index in [2.05, 4.69) is 27.5 Å². The zero-order valence-corrected chi connectivity index (χ0v) is 11.6. The molecule has 0 aliphatic heterocycles. The Balaban J connectivity index is 1.92. The van der Waals surface area contributed by atoms with Gasteiger partial charge in [0, 0.05) is 31.3 Å². The Morgan fingerprint density at radius 3 is 2.95 bits per heavy atom. The second-order valence-corrected chi connectivity index (χ2v) is 4.64. The maximum absolute atomic E-state index is 5.33. The van der Waals surface area contributed by atoms with Crippen molar-refractivity contribution in [2.24, 2.45) is 0 Å². The minimum atomic E-state index is 0.323. The van der Waals surface area contributed by atoms with Gasteiger partial charge in [-0.25, -0.2) is 4.98 Å². The number of nitrogens with zero attached hydrogens (tertiary/aromatic N) is 2. The van der Waals surface area contributed by atoms with Crippen molar-refractivity contribution in [1.29, 1.82) is 0 Å². The topological polar surface area (TPSA) is 63.0 Å². The number of aryl methyl sites for hydroxylation is 2. The summed E-state index contributed by atoms with van der Waals surface area (Å²) in [6.07, 6.45) is 5.44. The summed E-state index contributed by atoms with van der Waals surface area (Å²) in [4.78, 5) is 8.59. The van der Waals surface area contributed by atoms with Crippen molar-refractivity contribution >= 4 is 11.8 Å². The molecule has 0 aromatic carbocycles. The molecule has 2 aromatic heterocycles. The zero-order chi connectivity index (χ0) is 13.7. The van der Waals surface area contributed by atoms with Crippen LogP contribution < -0.4 is 10.6 Å². The second kappa shape index (κ2) is 6.22. The summed E-state index contributed by atoms with van der Waals surface area (Å²) in [5.41, 5.74) is 1.05. The largest absolute Gasteiger partial charge is 0.469 e. The number of rotatable bonds is 6. The van der Waals surface area contributed by atoms with Gasteiger partial charge in [-0.1, -0.05) is 0 Å². The number of nitrogens with one attached hydrogen (secondary N) is 2. The van der Waals surface area contributed by atoms with Crippen LogP contribution in [0.4, 0.5) is 11.8 Å². The SMILES string of the molecule is CNc1ncc(C)c(NC(C)CCc2ccco2)n1. The minimum absolute atomic E-state index is 0.323. The molecule has 5 heteroatoms. The van der Waals surface area contributed by atoms with Crippen molar-refractivity contribution in [3.05, 3.63) is 35.9 Å². The first-order valence-corrected chi connectivity index (χ1v) is 6.49. The summed E-state index contributed by atoms with van der Waals surface area (Å²) in [6, 6.07) is 4.24. The molecule has 0 saturated heterocycles. The second-order valence-electron chi connectivity index (χ2n) is 4.64. The van der Waals surface area contributed by atoms with Gasteiger partial charge in [-0.3, -0.25) is 0 Å². The molecule has 0 radical (unpaired) electrons. The fraction of sp³-hybridized carbons (Fsp3) is 0.429. The van der Waals surface area contributed by atoms with Gasteiger partial charge in [0.25, 0.3) is 0 Å². The lowest BCUT2D eigenvalue weighted by Gasteiger charge is -2.16. The van der Waals surface area contributed by atoms with Crippen molar-refractivity contribution < 1.29 is 4.42 Å². The standard InChI is InChI=1S/C14H20N4O/c1-10-9-16-14(15-3)18-13(10)17-11(2)6-7-12-5-4-8-19-12/h4-5,8-9,11H,6-7H2,1-3H3,(H2,15,16,17,18). The average molecular weight is 260 g/mol. The smallest absolute Gasteiger partial charge is 0.224 e. The summed E-state index contributed by atoms with van der Waals surface area (Å²) in [5.74, 6) is 2.53. The third kappa shape index (κ3) is 3.71. The van der Waals surface area contributed by atoms with Crippen LogP contribution in [0, 0.1) is 6.92 Å². The highest BCUT2D eigenvalue weighted by molar-refractivity contribution is 5.46. The predicted octanol–water partition coefficient (Wildman–Crippen LogP) is 2.85. The summed E-state index contributed by atoms with van der Waals surface area (Å²) in [5, 5.41) is 6.36. The molecule has 2 N–H and O–H groups in total. The number of hydrogen-bond acceptors (Lipinski definition) is 5. The van der Waals surface area contributed by atoms with Crippen LogP contribution in [0.1, 0.15) is 24.7 Å². The van der Waals surface area contributed by atoms with Gasteiger partial charge >= 0.3 is 0 Å². The molecular formula is C14H20N4O. The molecule has 0 bridgehead atoms. The molecule has 0 aliphatic rings. The fourth-order valence-electron chi connectivity index (χ4n) is 1.83. The maximum atomic E-state index is 5.33. The predicted molar refractivity (Wildman–Crippen MR) is 76.4 cm³/mol. The van der Waals surface area contributed by atoms with Gasteiger partial charge in [-0.05, 0) is 32.4 Å². The van der Waals surface area contributed by atoms with E-state index >= 15 is 0 Å². The molecule has 5 nitrogen and oxygen atoms in total. The van der Waals surface area contributed by atoms with Gasteiger partial charge in [0.2, 0.25) is 5.95 Å². The maximum Gasteiger partial charge on any atom is 0.224 e. The first kappa shape index (κ1) is 13.4. The van der Waals surface area contributed by atoms with Crippen molar-refractivity contribution in [2.75, 3.05) is 17.7 Å². The van der Waals surface area contributed by atoms with Crippen LogP contribution in [0.3, 0.4) is 0 Å². The van der Waals surface area contributed by atoms with E-state index in [4.69, 9.17) is 4.42 Å². The summed E-state index contributed by atoms with van der Waals surface area (Å²) in [6.45, 7) is 4.14. The molecule has 0 saturated carbocycles. The van der Waals surface area contributed by atoms with E-state index in [1.165, 1.54) is 0 Å². The lowest BCUT2D eigenvalue weighted by molar-refractivity contribution is 0.495. The van der Waals surface area contributed by atoms with Gasteiger partial charge in [0.05, 0.1) is 6.26 Å². The molecule has 0 aliphatic carbocycles. The van der Waals surface area contributed by atoms with E-state index in [9.17, 15) is 0 Å². The first-order valence-electron chi connectivity index (χ1n) is 6.49. The lowest BCUT2D eigenvalue weighted by Crippen LogP contribution is -2.18. The molecule has 0 amide bonds. The molecule has 0 fully saturated rings. The van der Waals surface area contributed by atoms with Gasteiger partial charge in [-0.15, -0.1) is 0 Å². The van der Waals surface area contributed by atoms with E-state index in [0.717, 1.165) is 30.0 Å². The number of furan rings is 1. The van der Waals surface area contributed by atoms with Gasteiger partial charge in [0.15, 0.2) is 0 Å². The number of aromatic nitrogens is 2. The Hall–Kier alpha value is -2.04. The summed E-state index contributed by atoms with van der Waals surface area (Å²) in [7, 11) is 1.81. The number of hydrogen-bond donors (Lipinski definition) is 2. The van der Waals surface area contributed by atoms with Crippen LogP contribution in [-0.4, -0.2) is 23.1 Å². The third-order valence-electron chi connectivity index (χ3n) is 2.98. The van der Waals surface area contributed by atoms with Crippen LogP contribution in [0.25, 0.3) is 0 Å². The van der Waals surface area contributed by atoms with Crippen molar-refractivity contribution in [2.45, 2.75) is 32.7 Å². The Bertz CT molecular complexity index is 510. The van der Waals surface area contributed by atoms with Crippen LogP contribution in [0.5, 0.6) is 0 Å². The van der Waals surface area contributed by atoms with E-state index < -0.39 is 0 Å². The van der Waals surface area contributed by atoms with Crippen molar-refractivity contribution in [3.63, 3.8) is 0 Å². The fourth-order valence-corrected chi connectivity index (χ4v) is 1.83. The van der Waals surface area contributed by atoms with Crippen molar-refractivity contribution in [3.8, 4) is 0 Å². The quantitative estimate of drug-likeness (QED) is 0.836. The average Bonchev–Trinajstić information content (AvgIpc) is 2.92. The van der Waals surface area contributed by atoms with Gasteiger partial charge in [0.1, 0.15) is 11.6 Å². The normalized spacial score (nSPS) is 12.2. The van der Waals surface area contributed by atoms with Gasteiger partial charge < -0.3 is 15.1 Å². The van der Waals surface area contributed by atoms with Crippen LogP contribution in [-0.2, 0) is 6.42 Å². The Morgan fingerprint density at radius 2 is 2.26 bits per heavy atom. The summed E-state index contributed by atoms with van der Waals surface area (Å²) < 4.78 is 5.33. The highest BCUT2D eigenvalue weighted by Gasteiger charge is 2.08. The molecule has 1 unspecified atom stereocenters. The molecule has 2 aromatic rings. The monoisotopic (exact) mass is 260 g/mol. The Kier molecular flexibility index (Phi) is 4.39. The molecule has 1 atom stereocenters. The van der Waals surface area contributed by atoms with Crippen LogP contribution in [0.15, 0.2) is 29.0 Å². The Morgan fingerprint density at radius 1 is 1.42 bits per heavy atom. The molecular weight excluding hydrogens is 240 g/mol. The van der Waals surface area contributed by atoms with E-state index in [1.54, 1.807) is 6.26 Å². The first-order chi connectivity index (χ1) is 9.19. The zero-order valence-electron chi connectivity index (χ0n) is 11.6. The van der Waals surface area contributed by atoms with E-state index in [1.807, 2.05) is 32.3 Å². The van der Waals surface area contributed by atoms with Gasteiger partial charge in [-0.2, -0.15) is 4.98 Å². The summed E-state index contributed by atoms with van der Waals surface area (Å²) >= 11 is 0. The van der Waals surface area contributed by atoms with E-state index in [-0.39, 0.29) is 0 Å². The minimum Gasteiger partial charge on any atom is -0.469 e. The van der Waals surface area contributed by atoms with E-state index in [0.29, 0.717) is 12.0 Å². The number of anilines is 2. The molecule has 0 spiro atoms. The highest BCUT2D eigenvalue weighted by Crippen LogP contribution is 2.15. The molecule has 2 rings (SSSR count). The van der Waals surface area contributed by atoms with Crippen LogP contribution in [0.2, 0.25) is 0 Å². The lowest BCUT2D eigenvalue weighted by atomic mass is 10.1. The molecule has 2 heterocycles. The van der Waals surface area contributed by atoms with Crippen LogP contribution >= 0.6 is 0 Å².